The molecule has 0 bridgehead atoms. The number of aliphatic hydroxyl groups excluding tert-OH is 1. The van der Waals surface area contributed by atoms with Crippen molar-refractivity contribution in [3.63, 3.8) is 0 Å². The Balaban J connectivity index is 2.56. The van der Waals surface area contributed by atoms with Gasteiger partial charge in [-0.3, -0.25) is 14.4 Å². The number of esters is 1. The summed E-state index contributed by atoms with van der Waals surface area (Å²) in [5, 5.41) is 10.2. The number of unbranched alkanes of at least 4 members (excludes halogenated alkanes) is 2. The normalized spacial score (nSPS) is 22.5. The van der Waals surface area contributed by atoms with Gasteiger partial charge in [-0.05, 0) is 25.2 Å². The van der Waals surface area contributed by atoms with E-state index < -0.39 is 12.0 Å². The number of aliphatic hydroxyl groups is 1. The summed E-state index contributed by atoms with van der Waals surface area (Å²) in [6.45, 7) is 4.30. The minimum Gasteiger partial charge on any atom is -0.469 e. The molecule has 5 heteroatoms. The van der Waals surface area contributed by atoms with Crippen molar-refractivity contribution in [2.45, 2.75) is 77.7 Å². The first kappa shape index (κ1) is 23.3. The first-order chi connectivity index (χ1) is 12.9. The molecule has 1 fully saturated rings. The summed E-state index contributed by atoms with van der Waals surface area (Å²) in [7, 11) is 1.35. The summed E-state index contributed by atoms with van der Waals surface area (Å²) in [5.41, 5.74) is 0.560. The standard InChI is InChI=1S/C22H34O5/c1-4-5-9-16(2)10-8-12-18-19(21(25)15-20(18)24)14-17(23)11-6-7-13-22(26)27-3/h8,10,12,16,19,21,25H,4-7,9,11,13-15H2,1-3H3/t16?,19-,21+/m1/s1. The zero-order valence-corrected chi connectivity index (χ0v) is 16.9. The highest BCUT2D eigenvalue weighted by Crippen LogP contribution is 2.32. The van der Waals surface area contributed by atoms with E-state index in [4.69, 9.17) is 0 Å². The van der Waals surface area contributed by atoms with Crippen molar-refractivity contribution < 1.29 is 24.2 Å². The Morgan fingerprint density at radius 3 is 2.63 bits per heavy atom. The second-order valence-corrected chi connectivity index (χ2v) is 7.45. The van der Waals surface area contributed by atoms with E-state index in [1.807, 2.05) is 6.08 Å². The van der Waals surface area contributed by atoms with Crippen LogP contribution in [0.1, 0.15) is 71.6 Å². The predicted octanol–water partition coefficient (Wildman–Crippen LogP) is 3.94. The van der Waals surface area contributed by atoms with Crippen LogP contribution in [0.25, 0.3) is 0 Å². The fraction of sp³-hybridized carbons (Fsp3) is 0.682. The van der Waals surface area contributed by atoms with Gasteiger partial charge in [-0.1, -0.05) is 44.9 Å². The van der Waals surface area contributed by atoms with Gasteiger partial charge in [0.2, 0.25) is 0 Å². The Bertz CT molecular complexity index is 561. The highest BCUT2D eigenvalue weighted by molar-refractivity contribution is 6.00. The van der Waals surface area contributed by atoms with Crippen molar-refractivity contribution in [1.82, 2.24) is 0 Å². The van der Waals surface area contributed by atoms with Gasteiger partial charge < -0.3 is 9.84 Å². The number of hydrogen-bond acceptors (Lipinski definition) is 5. The molecule has 1 saturated carbocycles. The highest BCUT2D eigenvalue weighted by Gasteiger charge is 2.37. The lowest BCUT2D eigenvalue weighted by molar-refractivity contribution is -0.140. The average Bonchev–Trinajstić information content (AvgIpc) is 2.90. The molecule has 1 rings (SSSR count). The van der Waals surface area contributed by atoms with E-state index in [1.165, 1.54) is 13.5 Å². The summed E-state index contributed by atoms with van der Waals surface area (Å²) in [6, 6.07) is 0. The van der Waals surface area contributed by atoms with Crippen LogP contribution in [-0.2, 0) is 19.1 Å². The molecule has 0 heterocycles. The van der Waals surface area contributed by atoms with E-state index in [1.54, 1.807) is 6.08 Å². The van der Waals surface area contributed by atoms with Gasteiger partial charge in [0.15, 0.2) is 5.78 Å². The van der Waals surface area contributed by atoms with Crippen LogP contribution < -0.4 is 0 Å². The van der Waals surface area contributed by atoms with Crippen molar-refractivity contribution >= 4 is 17.5 Å². The van der Waals surface area contributed by atoms with Crippen LogP contribution in [0.2, 0.25) is 0 Å². The molecule has 0 amide bonds. The molecule has 0 aromatic carbocycles. The monoisotopic (exact) mass is 378 g/mol. The first-order valence-electron chi connectivity index (χ1n) is 10.1. The van der Waals surface area contributed by atoms with E-state index in [-0.39, 0.29) is 30.4 Å². The van der Waals surface area contributed by atoms with Crippen molar-refractivity contribution in [2.75, 3.05) is 7.11 Å². The number of allylic oxidation sites excluding steroid dienone is 3. The van der Waals surface area contributed by atoms with Gasteiger partial charge >= 0.3 is 5.97 Å². The van der Waals surface area contributed by atoms with E-state index >= 15 is 0 Å². The maximum absolute atomic E-state index is 12.2. The molecular weight excluding hydrogens is 344 g/mol. The zero-order valence-electron chi connectivity index (χ0n) is 16.9. The number of Topliss-reactive ketones (excluding diaryl/α,β-unsaturated/α-hetero) is 2. The number of methoxy groups -OCH3 is 1. The third kappa shape index (κ3) is 8.65. The summed E-state index contributed by atoms with van der Waals surface area (Å²) in [6.07, 6.45) is 10.5. The topological polar surface area (TPSA) is 80.7 Å². The van der Waals surface area contributed by atoms with Crippen molar-refractivity contribution in [3.8, 4) is 0 Å². The van der Waals surface area contributed by atoms with Gasteiger partial charge in [0.1, 0.15) is 5.78 Å². The summed E-state index contributed by atoms with van der Waals surface area (Å²) < 4.78 is 4.57. The predicted molar refractivity (Wildman–Crippen MR) is 105 cm³/mol. The van der Waals surface area contributed by atoms with Gasteiger partial charge in [0.05, 0.1) is 13.2 Å². The summed E-state index contributed by atoms with van der Waals surface area (Å²) >= 11 is 0. The number of carbonyl (C=O) groups excluding carboxylic acids is 3. The number of ketones is 2. The molecule has 1 aliphatic rings. The smallest absolute Gasteiger partial charge is 0.305 e. The van der Waals surface area contributed by atoms with Gasteiger partial charge in [0, 0.05) is 37.2 Å². The molecule has 0 radical (unpaired) electrons. The van der Waals surface area contributed by atoms with Crippen molar-refractivity contribution in [2.24, 2.45) is 11.8 Å². The zero-order chi connectivity index (χ0) is 20.2. The molecule has 0 saturated heterocycles. The molecular formula is C22H34O5. The maximum atomic E-state index is 12.2. The lowest BCUT2D eigenvalue weighted by atomic mass is 9.92. The Labute approximate surface area is 162 Å². The lowest BCUT2D eigenvalue weighted by Crippen LogP contribution is -2.18. The van der Waals surface area contributed by atoms with E-state index in [0.29, 0.717) is 37.2 Å². The Kier molecular flexibility index (Phi) is 10.9. The van der Waals surface area contributed by atoms with E-state index in [2.05, 4.69) is 24.7 Å². The number of hydrogen-bond donors (Lipinski definition) is 1. The largest absolute Gasteiger partial charge is 0.469 e. The molecule has 3 atom stereocenters. The minimum absolute atomic E-state index is 0.0183. The molecule has 0 aromatic heterocycles. The van der Waals surface area contributed by atoms with Crippen LogP contribution in [0, 0.1) is 11.8 Å². The molecule has 27 heavy (non-hydrogen) atoms. The third-order valence-electron chi connectivity index (χ3n) is 5.07. The number of ether oxygens (including phenoxy) is 1. The van der Waals surface area contributed by atoms with Gasteiger partial charge in [0.25, 0.3) is 0 Å². The average molecular weight is 379 g/mol. The fourth-order valence-corrected chi connectivity index (χ4v) is 3.34. The van der Waals surface area contributed by atoms with Crippen LogP contribution in [0.15, 0.2) is 23.8 Å². The van der Waals surface area contributed by atoms with E-state index in [9.17, 15) is 19.5 Å². The molecule has 1 unspecified atom stereocenters. The van der Waals surface area contributed by atoms with E-state index in [0.717, 1.165) is 12.8 Å². The molecule has 5 nitrogen and oxygen atoms in total. The second-order valence-electron chi connectivity index (χ2n) is 7.45. The minimum atomic E-state index is -0.784. The quantitative estimate of drug-likeness (QED) is 0.316. The van der Waals surface area contributed by atoms with Crippen LogP contribution >= 0.6 is 0 Å². The molecule has 1 aliphatic carbocycles. The van der Waals surface area contributed by atoms with Crippen LogP contribution in [0.3, 0.4) is 0 Å². The van der Waals surface area contributed by atoms with Gasteiger partial charge in [-0.15, -0.1) is 0 Å². The molecule has 1 N–H and O–H groups in total. The van der Waals surface area contributed by atoms with Crippen molar-refractivity contribution in [1.29, 1.82) is 0 Å². The van der Waals surface area contributed by atoms with Crippen LogP contribution in [0.4, 0.5) is 0 Å². The maximum Gasteiger partial charge on any atom is 0.305 e. The van der Waals surface area contributed by atoms with Crippen LogP contribution in [0.5, 0.6) is 0 Å². The SMILES string of the molecule is CCCCC(C)C=CC=C1C(=O)C[C@H](O)[C@@H]1CC(=O)CCCCC(=O)OC. The first-order valence-corrected chi connectivity index (χ1v) is 10.1. The molecule has 0 spiro atoms. The number of carbonyl (C=O) groups is 3. The van der Waals surface area contributed by atoms with Gasteiger partial charge in [-0.2, -0.15) is 0 Å². The Morgan fingerprint density at radius 2 is 1.96 bits per heavy atom. The van der Waals surface area contributed by atoms with Crippen molar-refractivity contribution in [3.05, 3.63) is 23.8 Å². The lowest BCUT2D eigenvalue weighted by Gasteiger charge is -2.14. The highest BCUT2D eigenvalue weighted by atomic mass is 16.5. The molecule has 0 aliphatic heterocycles. The van der Waals surface area contributed by atoms with Crippen LogP contribution in [-0.4, -0.2) is 35.9 Å². The fourth-order valence-electron chi connectivity index (χ4n) is 3.34. The summed E-state index contributed by atoms with van der Waals surface area (Å²) in [5.74, 6) is -0.301. The second kappa shape index (κ2) is 12.6. The third-order valence-corrected chi connectivity index (χ3v) is 5.07. The Hall–Kier alpha value is -1.75. The number of rotatable bonds is 12. The Morgan fingerprint density at radius 1 is 1.26 bits per heavy atom. The van der Waals surface area contributed by atoms with Gasteiger partial charge in [-0.25, -0.2) is 0 Å². The summed E-state index contributed by atoms with van der Waals surface area (Å²) in [4.78, 5) is 35.5. The molecule has 0 aromatic rings. The molecule has 152 valence electrons.